The SMILES string of the molecule is C=CCOC(=O)NC1(CC(=O)O)CCOC1. The highest BCUT2D eigenvalue weighted by Crippen LogP contribution is 2.22. The number of hydrogen-bond donors (Lipinski definition) is 2. The summed E-state index contributed by atoms with van der Waals surface area (Å²) in [4.78, 5) is 22.0. The van der Waals surface area contributed by atoms with Gasteiger partial charge in [0.2, 0.25) is 0 Å². The van der Waals surface area contributed by atoms with Crippen LogP contribution in [0.5, 0.6) is 0 Å². The van der Waals surface area contributed by atoms with Crippen molar-refractivity contribution >= 4 is 12.1 Å². The van der Waals surface area contributed by atoms with Crippen molar-refractivity contribution in [3.63, 3.8) is 0 Å². The Morgan fingerprint density at radius 2 is 2.38 bits per heavy atom. The van der Waals surface area contributed by atoms with Crippen molar-refractivity contribution in [3.05, 3.63) is 12.7 Å². The number of carboxylic acids is 1. The summed E-state index contributed by atoms with van der Waals surface area (Å²) in [6, 6.07) is 0. The van der Waals surface area contributed by atoms with Gasteiger partial charge in [-0.05, 0) is 6.42 Å². The van der Waals surface area contributed by atoms with Crippen molar-refractivity contribution in [1.82, 2.24) is 5.32 Å². The first kappa shape index (κ1) is 12.5. The average Bonchev–Trinajstić information content (AvgIpc) is 2.62. The molecule has 1 unspecified atom stereocenters. The lowest BCUT2D eigenvalue weighted by Gasteiger charge is -2.26. The van der Waals surface area contributed by atoms with Crippen LogP contribution in [-0.2, 0) is 14.3 Å². The fraction of sp³-hybridized carbons (Fsp3) is 0.600. The number of aliphatic carboxylic acids is 1. The Hall–Kier alpha value is -1.56. The summed E-state index contributed by atoms with van der Waals surface area (Å²) in [6.07, 6.45) is 1.10. The fourth-order valence-corrected chi connectivity index (χ4v) is 1.57. The third kappa shape index (κ3) is 3.54. The summed E-state index contributed by atoms with van der Waals surface area (Å²) >= 11 is 0. The molecule has 0 aliphatic carbocycles. The smallest absolute Gasteiger partial charge is 0.407 e. The summed E-state index contributed by atoms with van der Waals surface area (Å²) in [7, 11) is 0. The van der Waals surface area contributed by atoms with Gasteiger partial charge in [-0.2, -0.15) is 0 Å². The first-order valence-corrected chi connectivity index (χ1v) is 4.93. The van der Waals surface area contributed by atoms with Gasteiger partial charge in [-0.3, -0.25) is 4.79 Å². The zero-order valence-corrected chi connectivity index (χ0v) is 8.90. The van der Waals surface area contributed by atoms with Crippen molar-refractivity contribution < 1.29 is 24.2 Å². The van der Waals surface area contributed by atoms with Crippen LogP contribution in [-0.4, -0.2) is 42.5 Å². The molecule has 1 amide bonds. The molecule has 0 radical (unpaired) electrons. The molecule has 1 saturated heterocycles. The Morgan fingerprint density at radius 1 is 1.62 bits per heavy atom. The molecule has 16 heavy (non-hydrogen) atoms. The maximum absolute atomic E-state index is 11.3. The third-order valence-electron chi connectivity index (χ3n) is 2.29. The van der Waals surface area contributed by atoms with Gasteiger partial charge in [-0.25, -0.2) is 4.79 Å². The fourth-order valence-electron chi connectivity index (χ4n) is 1.57. The lowest BCUT2D eigenvalue weighted by Crippen LogP contribution is -2.50. The molecule has 6 heteroatoms. The number of amides is 1. The summed E-state index contributed by atoms with van der Waals surface area (Å²) in [5.74, 6) is -0.977. The number of hydrogen-bond acceptors (Lipinski definition) is 4. The normalized spacial score (nSPS) is 23.8. The molecular weight excluding hydrogens is 214 g/mol. The molecule has 0 aromatic heterocycles. The van der Waals surface area contributed by atoms with Crippen LogP contribution in [0.25, 0.3) is 0 Å². The molecule has 1 rings (SSSR count). The van der Waals surface area contributed by atoms with Crippen LogP contribution >= 0.6 is 0 Å². The Balaban J connectivity index is 2.53. The Labute approximate surface area is 93.2 Å². The van der Waals surface area contributed by atoms with E-state index in [9.17, 15) is 9.59 Å². The molecule has 1 heterocycles. The van der Waals surface area contributed by atoms with Crippen LogP contribution in [0.4, 0.5) is 4.79 Å². The second kappa shape index (κ2) is 5.50. The van der Waals surface area contributed by atoms with Gasteiger partial charge in [0.05, 0.1) is 18.6 Å². The van der Waals surface area contributed by atoms with E-state index in [1.165, 1.54) is 6.08 Å². The van der Waals surface area contributed by atoms with Crippen LogP contribution in [0.3, 0.4) is 0 Å². The molecular formula is C10H15NO5. The average molecular weight is 229 g/mol. The molecule has 2 N–H and O–H groups in total. The van der Waals surface area contributed by atoms with Crippen LogP contribution in [0.15, 0.2) is 12.7 Å². The van der Waals surface area contributed by atoms with Crippen LogP contribution in [0.2, 0.25) is 0 Å². The van der Waals surface area contributed by atoms with E-state index < -0.39 is 17.6 Å². The van der Waals surface area contributed by atoms with Gasteiger partial charge in [-0.1, -0.05) is 12.7 Å². The predicted octanol–water partition coefficient (Wildman–Crippen LogP) is 0.532. The molecule has 0 saturated carbocycles. The largest absolute Gasteiger partial charge is 0.481 e. The Bertz CT molecular complexity index is 283. The first-order chi connectivity index (χ1) is 7.58. The van der Waals surface area contributed by atoms with Crippen LogP contribution in [0, 0.1) is 0 Å². The number of ether oxygens (including phenoxy) is 2. The molecule has 0 bridgehead atoms. The lowest BCUT2D eigenvalue weighted by molar-refractivity contribution is -0.138. The number of nitrogens with one attached hydrogen (secondary N) is 1. The lowest BCUT2D eigenvalue weighted by atomic mass is 9.95. The van der Waals surface area contributed by atoms with Crippen molar-refractivity contribution in [2.45, 2.75) is 18.4 Å². The van der Waals surface area contributed by atoms with Gasteiger partial charge in [-0.15, -0.1) is 0 Å². The van der Waals surface area contributed by atoms with E-state index in [0.29, 0.717) is 13.0 Å². The summed E-state index contributed by atoms with van der Waals surface area (Å²) in [5.41, 5.74) is -0.843. The molecule has 0 aromatic carbocycles. The number of carbonyl (C=O) groups excluding carboxylic acids is 1. The van der Waals surface area contributed by atoms with Gasteiger partial charge in [0, 0.05) is 6.61 Å². The topological polar surface area (TPSA) is 84.9 Å². The zero-order chi connectivity index (χ0) is 12.0. The summed E-state index contributed by atoms with van der Waals surface area (Å²) < 4.78 is 9.86. The monoisotopic (exact) mass is 229 g/mol. The van der Waals surface area contributed by atoms with E-state index in [-0.39, 0.29) is 19.6 Å². The van der Waals surface area contributed by atoms with Gasteiger partial charge >= 0.3 is 12.1 Å². The molecule has 90 valence electrons. The van der Waals surface area contributed by atoms with Gasteiger partial charge in [0.15, 0.2) is 0 Å². The van der Waals surface area contributed by atoms with Crippen molar-refractivity contribution in [2.24, 2.45) is 0 Å². The number of carbonyl (C=O) groups is 2. The van der Waals surface area contributed by atoms with Gasteiger partial charge < -0.3 is 19.9 Å². The van der Waals surface area contributed by atoms with E-state index >= 15 is 0 Å². The number of alkyl carbamates (subject to hydrolysis) is 1. The van der Waals surface area contributed by atoms with E-state index in [0.717, 1.165) is 0 Å². The molecule has 1 atom stereocenters. The number of carboxylic acid groups (broad SMARTS) is 1. The first-order valence-electron chi connectivity index (χ1n) is 4.93. The minimum Gasteiger partial charge on any atom is -0.481 e. The van der Waals surface area contributed by atoms with Crippen LogP contribution in [0.1, 0.15) is 12.8 Å². The highest BCUT2D eigenvalue weighted by Gasteiger charge is 2.39. The van der Waals surface area contributed by atoms with Gasteiger partial charge in [0.1, 0.15) is 6.61 Å². The highest BCUT2D eigenvalue weighted by atomic mass is 16.5. The molecule has 1 fully saturated rings. The maximum atomic E-state index is 11.3. The standard InChI is InChI=1S/C10H15NO5/c1-2-4-16-9(14)11-10(6-8(12)13)3-5-15-7-10/h2H,1,3-7H2,(H,11,14)(H,12,13). The minimum atomic E-state index is -0.977. The predicted molar refractivity (Wildman–Crippen MR) is 55.1 cm³/mol. The Morgan fingerprint density at radius 3 is 2.88 bits per heavy atom. The van der Waals surface area contributed by atoms with E-state index in [2.05, 4.69) is 11.9 Å². The third-order valence-corrected chi connectivity index (χ3v) is 2.29. The summed E-state index contributed by atoms with van der Waals surface area (Å²) in [5, 5.41) is 11.3. The molecule has 0 aromatic rings. The van der Waals surface area contributed by atoms with E-state index in [1.807, 2.05) is 0 Å². The molecule has 6 nitrogen and oxygen atoms in total. The van der Waals surface area contributed by atoms with E-state index in [4.69, 9.17) is 14.6 Å². The number of rotatable bonds is 5. The Kier molecular flexibility index (Phi) is 4.30. The van der Waals surface area contributed by atoms with Crippen LogP contribution < -0.4 is 5.32 Å². The second-order valence-corrected chi connectivity index (χ2v) is 3.67. The molecule has 0 spiro atoms. The highest BCUT2D eigenvalue weighted by molar-refractivity contribution is 5.73. The maximum Gasteiger partial charge on any atom is 0.407 e. The quantitative estimate of drug-likeness (QED) is 0.672. The zero-order valence-electron chi connectivity index (χ0n) is 8.90. The summed E-state index contributed by atoms with van der Waals surface area (Å²) in [6.45, 7) is 4.14. The minimum absolute atomic E-state index is 0.0931. The second-order valence-electron chi connectivity index (χ2n) is 3.67. The van der Waals surface area contributed by atoms with Crippen molar-refractivity contribution in [2.75, 3.05) is 19.8 Å². The van der Waals surface area contributed by atoms with E-state index in [1.54, 1.807) is 0 Å². The molecule has 1 aliphatic heterocycles. The molecule has 1 aliphatic rings. The van der Waals surface area contributed by atoms with Gasteiger partial charge in [0.25, 0.3) is 0 Å². The van der Waals surface area contributed by atoms with Crippen molar-refractivity contribution in [1.29, 1.82) is 0 Å². The van der Waals surface area contributed by atoms with Crippen molar-refractivity contribution in [3.8, 4) is 0 Å².